The number of halogens is 1. The third kappa shape index (κ3) is 3.15. The first-order valence-corrected chi connectivity index (χ1v) is 10.7. The SMILES string of the molecule is CCN1CC(C(=O)OC2CCCC2)C[C@@H]2c3cccc4c3c(cn4C)C[C@H]21.Cl. The van der Waals surface area contributed by atoms with Gasteiger partial charge in [-0.2, -0.15) is 0 Å². The normalized spacial score (nSPS) is 27.4. The molecule has 3 aliphatic rings. The molecule has 28 heavy (non-hydrogen) atoms. The minimum Gasteiger partial charge on any atom is -0.462 e. The second kappa shape index (κ2) is 7.72. The van der Waals surface area contributed by atoms with Crippen molar-refractivity contribution in [2.24, 2.45) is 13.0 Å². The second-order valence-electron chi connectivity index (χ2n) is 8.75. The first-order valence-electron chi connectivity index (χ1n) is 10.7. The van der Waals surface area contributed by atoms with Crippen LogP contribution in [0.5, 0.6) is 0 Å². The number of ether oxygens (including phenoxy) is 1. The Balaban J connectivity index is 0.00000192. The average Bonchev–Trinajstić information content (AvgIpc) is 3.30. The Labute approximate surface area is 173 Å². The number of nitrogens with zero attached hydrogens (tertiary/aromatic N) is 2. The second-order valence-corrected chi connectivity index (χ2v) is 8.75. The van der Waals surface area contributed by atoms with E-state index in [9.17, 15) is 4.79 Å². The predicted molar refractivity (Wildman–Crippen MR) is 114 cm³/mol. The number of aryl methyl sites for hydroxylation is 1. The number of likely N-dealkylation sites (N-methyl/N-ethyl adjacent to an activating group) is 1. The number of hydrogen-bond donors (Lipinski definition) is 0. The molecule has 5 heteroatoms. The molecule has 2 aromatic rings. The number of carbonyl (C=O) groups is 1. The average molecular weight is 403 g/mol. The Hall–Kier alpha value is -1.52. The van der Waals surface area contributed by atoms with Crippen LogP contribution in [0.3, 0.4) is 0 Å². The molecule has 3 atom stereocenters. The van der Waals surface area contributed by atoms with Gasteiger partial charge >= 0.3 is 5.97 Å². The van der Waals surface area contributed by atoms with Gasteiger partial charge in [0.2, 0.25) is 0 Å². The highest BCUT2D eigenvalue weighted by Gasteiger charge is 2.43. The van der Waals surface area contributed by atoms with Crippen molar-refractivity contribution < 1.29 is 9.53 Å². The summed E-state index contributed by atoms with van der Waals surface area (Å²) in [6.45, 7) is 4.07. The molecule has 0 amide bonds. The monoisotopic (exact) mass is 402 g/mol. The minimum absolute atomic E-state index is 0. The Morgan fingerprint density at radius 1 is 1.25 bits per heavy atom. The summed E-state index contributed by atoms with van der Waals surface area (Å²) in [6, 6.07) is 7.20. The zero-order chi connectivity index (χ0) is 18.5. The summed E-state index contributed by atoms with van der Waals surface area (Å²) in [6.07, 6.45) is 9.00. The van der Waals surface area contributed by atoms with Crippen LogP contribution in [0.1, 0.15) is 56.1 Å². The first-order chi connectivity index (χ1) is 13.2. The van der Waals surface area contributed by atoms with Crippen LogP contribution in [0.15, 0.2) is 24.4 Å². The highest BCUT2D eigenvalue weighted by Crippen LogP contribution is 2.45. The summed E-state index contributed by atoms with van der Waals surface area (Å²) < 4.78 is 8.16. The molecular weight excluding hydrogens is 372 g/mol. The molecule has 2 heterocycles. The fourth-order valence-corrected chi connectivity index (χ4v) is 5.88. The van der Waals surface area contributed by atoms with Gasteiger partial charge in [0.1, 0.15) is 6.10 Å². The molecule has 0 radical (unpaired) electrons. The summed E-state index contributed by atoms with van der Waals surface area (Å²) in [7, 11) is 2.14. The molecule has 4 nitrogen and oxygen atoms in total. The number of carbonyl (C=O) groups excluding carboxylic acids is 1. The molecule has 1 aromatic carbocycles. The van der Waals surface area contributed by atoms with Crippen LogP contribution in [-0.2, 0) is 23.0 Å². The van der Waals surface area contributed by atoms with Crippen LogP contribution in [-0.4, -0.2) is 40.7 Å². The molecule has 1 unspecified atom stereocenters. The molecule has 5 rings (SSSR count). The number of hydrogen-bond acceptors (Lipinski definition) is 3. The third-order valence-corrected chi connectivity index (χ3v) is 7.21. The lowest BCUT2D eigenvalue weighted by molar-refractivity contribution is -0.156. The third-order valence-electron chi connectivity index (χ3n) is 7.21. The van der Waals surface area contributed by atoms with Gasteiger partial charge in [-0.3, -0.25) is 9.69 Å². The summed E-state index contributed by atoms with van der Waals surface area (Å²) >= 11 is 0. The largest absolute Gasteiger partial charge is 0.462 e. The van der Waals surface area contributed by atoms with Crippen molar-refractivity contribution in [3.63, 3.8) is 0 Å². The maximum atomic E-state index is 12.9. The molecule has 152 valence electrons. The topological polar surface area (TPSA) is 34.5 Å². The highest BCUT2D eigenvalue weighted by molar-refractivity contribution is 5.89. The molecule has 0 spiro atoms. The van der Waals surface area contributed by atoms with Crippen molar-refractivity contribution in [2.75, 3.05) is 13.1 Å². The van der Waals surface area contributed by atoms with Crippen molar-refractivity contribution >= 4 is 29.3 Å². The van der Waals surface area contributed by atoms with Crippen molar-refractivity contribution in [3.05, 3.63) is 35.5 Å². The summed E-state index contributed by atoms with van der Waals surface area (Å²) in [5.74, 6) is 0.482. The Morgan fingerprint density at radius 3 is 2.79 bits per heavy atom. The van der Waals surface area contributed by atoms with Crippen LogP contribution in [0.2, 0.25) is 0 Å². The quantitative estimate of drug-likeness (QED) is 0.712. The van der Waals surface area contributed by atoms with E-state index in [-0.39, 0.29) is 30.4 Å². The summed E-state index contributed by atoms with van der Waals surface area (Å²) in [4.78, 5) is 15.5. The van der Waals surface area contributed by atoms with Crippen molar-refractivity contribution in [2.45, 2.75) is 63.5 Å². The molecule has 1 saturated carbocycles. The van der Waals surface area contributed by atoms with Gasteiger partial charge in [-0.1, -0.05) is 19.1 Å². The van der Waals surface area contributed by atoms with Crippen LogP contribution >= 0.6 is 12.4 Å². The van der Waals surface area contributed by atoms with Crippen molar-refractivity contribution in [3.8, 4) is 0 Å². The van der Waals surface area contributed by atoms with E-state index in [0.29, 0.717) is 12.0 Å². The predicted octanol–water partition coefficient (Wildman–Crippen LogP) is 4.44. The number of esters is 1. The van der Waals surface area contributed by atoms with Crippen LogP contribution < -0.4 is 0 Å². The number of fused-ring (bicyclic) bond motifs is 2. The van der Waals surface area contributed by atoms with E-state index < -0.39 is 0 Å². The van der Waals surface area contributed by atoms with Gasteiger partial charge in [0.15, 0.2) is 0 Å². The summed E-state index contributed by atoms with van der Waals surface area (Å²) in [5.41, 5.74) is 4.23. The zero-order valence-electron chi connectivity index (χ0n) is 16.9. The number of rotatable bonds is 3. The van der Waals surface area contributed by atoms with Crippen LogP contribution in [0.25, 0.3) is 10.9 Å². The lowest BCUT2D eigenvalue weighted by Crippen LogP contribution is -2.51. The molecule has 1 aliphatic heterocycles. The van der Waals surface area contributed by atoms with Gasteiger partial charge in [0.05, 0.1) is 5.92 Å². The Kier molecular flexibility index (Phi) is 5.45. The van der Waals surface area contributed by atoms with Gasteiger partial charge in [-0.25, -0.2) is 0 Å². The molecule has 1 aromatic heterocycles. The lowest BCUT2D eigenvalue weighted by atomic mass is 9.72. The number of piperidine rings is 1. The van der Waals surface area contributed by atoms with E-state index in [1.165, 1.54) is 34.9 Å². The van der Waals surface area contributed by atoms with E-state index in [1.54, 1.807) is 0 Å². The maximum absolute atomic E-state index is 12.9. The van der Waals surface area contributed by atoms with E-state index in [4.69, 9.17) is 4.74 Å². The smallest absolute Gasteiger partial charge is 0.310 e. The standard InChI is InChI=1S/C23H30N2O2.ClH/c1-3-25-14-16(23(26)27-17-7-4-5-8-17)11-19-18-9-6-10-20-22(18)15(12-21(19)25)13-24(20)2;/h6,9-10,13,16-17,19,21H,3-5,7-8,11-12,14H2,1-2H3;1H/t16?,19-,21-;/m1./s1. The Morgan fingerprint density at radius 2 is 2.04 bits per heavy atom. The van der Waals surface area contributed by atoms with Gasteiger partial charge < -0.3 is 9.30 Å². The van der Waals surface area contributed by atoms with E-state index >= 15 is 0 Å². The minimum atomic E-state index is 0. The van der Waals surface area contributed by atoms with Gasteiger partial charge in [0.25, 0.3) is 0 Å². The highest BCUT2D eigenvalue weighted by atomic mass is 35.5. The van der Waals surface area contributed by atoms with Crippen molar-refractivity contribution in [1.29, 1.82) is 0 Å². The fourth-order valence-electron chi connectivity index (χ4n) is 5.88. The molecule has 2 fully saturated rings. The van der Waals surface area contributed by atoms with Crippen molar-refractivity contribution in [1.82, 2.24) is 9.47 Å². The fraction of sp³-hybridized carbons (Fsp3) is 0.609. The number of benzene rings is 1. The first kappa shape index (κ1) is 19.8. The lowest BCUT2D eigenvalue weighted by Gasteiger charge is -2.46. The number of aromatic nitrogens is 1. The molecule has 1 saturated heterocycles. The van der Waals surface area contributed by atoms with E-state index in [2.05, 4.69) is 47.8 Å². The van der Waals surface area contributed by atoms with Crippen LogP contribution in [0, 0.1) is 5.92 Å². The van der Waals surface area contributed by atoms with E-state index in [1.807, 2.05) is 0 Å². The summed E-state index contributed by atoms with van der Waals surface area (Å²) in [5, 5.41) is 1.43. The molecule has 2 aliphatic carbocycles. The molecular formula is C23H31ClN2O2. The van der Waals surface area contributed by atoms with Gasteiger partial charge in [-0.15, -0.1) is 12.4 Å². The number of likely N-dealkylation sites (tertiary alicyclic amines) is 1. The zero-order valence-corrected chi connectivity index (χ0v) is 17.7. The van der Waals surface area contributed by atoms with Gasteiger partial charge in [-0.05, 0) is 62.3 Å². The van der Waals surface area contributed by atoms with Gasteiger partial charge in [0, 0.05) is 42.7 Å². The van der Waals surface area contributed by atoms with E-state index in [0.717, 1.165) is 38.8 Å². The molecule has 0 bridgehead atoms. The molecule has 0 N–H and O–H groups in total. The maximum Gasteiger partial charge on any atom is 0.310 e. The van der Waals surface area contributed by atoms with Crippen LogP contribution in [0.4, 0.5) is 0 Å². The Bertz CT molecular complexity index is 871.